The van der Waals surface area contributed by atoms with Crippen molar-refractivity contribution in [2.75, 3.05) is 25.1 Å². The van der Waals surface area contributed by atoms with Crippen molar-refractivity contribution in [2.24, 2.45) is 0 Å². The summed E-state index contributed by atoms with van der Waals surface area (Å²) in [5, 5.41) is 8.36. The van der Waals surface area contributed by atoms with E-state index in [0.717, 1.165) is 16.8 Å². The number of nitrogens with zero attached hydrogens (tertiary/aromatic N) is 4. The topological polar surface area (TPSA) is 89.9 Å². The third-order valence-electron chi connectivity index (χ3n) is 4.52. The first-order valence-electron chi connectivity index (χ1n) is 8.68. The van der Waals surface area contributed by atoms with E-state index in [4.69, 9.17) is 9.47 Å². The van der Waals surface area contributed by atoms with Gasteiger partial charge in [-0.2, -0.15) is 15.1 Å². The monoisotopic (exact) mass is 360 g/mol. The zero-order valence-corrected chi connectivity index (χ0v) is 14.7. The van der Waals surface area contributed by atoms with E-state index in [0.29, 0.717) is 37.1 Å². The first kappa shape index (κ1) is 16.8. The van der Waals surface area contributed by atoms with Crippen molar-refractivity contribution in [1.82, 2.24) is 24.7 Å². The van der Waals surface area contributed by atoms with E-state index in [1.54, 1.807) is 17.1 Å². The highest BCUT2D eigenvalue weighted by atomic mass is 19.1. The third-order valence-corrected chi connectivity index (χ3v) is 4.52. The first-order chi connectivity index (χ1) is 12.7. The lowest BCUT2D eigenvalue weighted by molar-refractivity contribution is -0.000678. The van der Waals surface area contributed by atoms with Gasteiger partial charge in [0.15, 0.2) is 0 Å². The third kappa shape index (κ3) is 2.98. The molecule has 0 spiro atoms. The van der Waals surface area contributed by atoms with E-state index >= 15 is 0 Å². The van der Waals surface area contributed by atoms with E-state index in [9.17, 15) is 4.39 Å². The number of anilines is 2. The number of alkyl halides is 1. The molecule has 3 aromatic heterocycles. The summed E-state index contributed by atoms with van der Waals surface area (Å²) in [4.78, 5) is 12.0. The van der Waals surface area contributed by atoms with Crippen molar-refractivity contribution in [1.29, 1.82) is 0 Å². The fourth-order valence-electron chi connectivity index (χ4n) is 3.18. The van der Waals surface area contributed by atoms with E-state index < -0.39 is 6.17 Å². The highest BCUT2D eigenvalue weighted by molar-refractivity contribution is 5.82. The van der Waals surface area contributed by atoms with Gasteiger partial charge >= 0.3 is 0 Å². The SMILES string of the molecule is CCOc1nc(Nc2cnn([C@H]3CCOC[C@H]3F)c2C)nc2[nH]ccc12. The number of fused-ring (bicyclic) bond motifs is 1. The van der Waals surface area contributed by atoms with Crippen molar-refractivity contribution in [3.05, 3.63) is 24.2 Å². The minimum atomic E-state index is -1.06. The number of aromatic amines is 1. The van der Waals surface area contributed by atoms with Crippen LogP contribution in [0.4, 0.5) is 16.0 Å². The molecule has 2 atom stereocenters. The normalized spacial score (nSPS) is 20.4. The fraction of sp³-hybridized carbons (Fsp3) is 0.471. The number of ether oxygens (including phenoxy) is 2. The number of H-pyrrole nitrogens is 1. The van der Waals surface area contributed by atoms with Gasteiger partial charge in [-0.15, -0.1) is 0 Å². The van der Waals surface area contributed by atoms with Gasteiger partial charge in [-0.05, 0) is 26.3 Å². The van der Waals surface area contributed by atoms with E-state index in [-0.39, 0.29) is 12.6 Å². The Bertz CT molecular complexity index is 908. The van der Waals surface area contributed by atoms with Crippen LogP contribution in [-0.4, -0.2) is 50.7 Å². The van der Waals surface area contributed by atoms with E-state index in [1.807, 2.05) is 19.9 Å². The van der Waals surface area contributed by atoms with Crippen LogP contribution in [0.5, 0.6) is 5.88 Å². The first-order valence-corrected chi connectivity index (χ1v) is 8.68. The highest BCUT2D eigenvalue weighted by Crippen LogP contribution is 2.29. The maximum absolute atomic E-state index is 14.2. The molecule has 0 bridgehead atoms. The standard InChI is InChI=1S/C17H21FN6O2/c1-3-26-16-11-4-6-19-15(11)22-17(23-16)21-13-8-20-24(10(13)2)14-5-7-25-9-12(14)18/h4,6,8,12,14H,3,5,7,9H2,1-2H3,(H2,19,21,22,23)/t12-,14+/m1/s1. The number of rotatable bonds is 5. The van der Waals surface area contributed by atoms with Crippen molar-refractivity contribution in [3.8, 4) is 5.88 Å². The minimum absolute atomic E-state index is 0.108. The summed E-state index contributed by atoms with van der Waals surface area (Å²) in [7, 11) is 0. The molecule has 1 aliphatic rings. The Morgan fingerprint density at radius 2 is 2.35 bits per heavy atom. The lowest BCUT2D eigenvalue weighted by Crippen LogP contribution is -2.32. The summed E-state index contributed by atoms with van der Waals surface area (Å²) in [5.74, 6) is 0.911. The van der Waals surface area contributed by atoms with Gasteiger partial charge in [-0.1, -0.05) is 0 Å². The van der Waals surface area contributed by atoms with Crippen molar-refractivity contribution in [2.45, 2.75) is 32.5 Å². The summed E-state index contributed by atoms with van der Waals surface area (Å²) in [6.45, 7) is 4.96. The average molecular weight is 360 g/mol. The number of nitrogens with one attached hydrogen (secondary N) is 2. The highest BCUT2D eigenvalue weighted by Gasteiger charge is 2.29. The molecule has 0 aliphatic carbocycles. The Morgan fingerprint density at radius 3 is 3.15 bits per heavy atom. The van der Waals surface area contributed by atoms with Crippen LogP contribution in [0, 0.1) is 6.92 Å². The van der Waals surface area contributed by atoms with Crippen LogP contribution in [0.3, 0.4) is 0 Å². The van der Waals surface area contributed by atoms with E-state index in [2.05, 4.69) is 25.4 Å². The van der Waals surface area contributed by atoms with Crippen molar-refractivity contribution < 1.29 is 13.9 Å². The minimum Gasteiger partial charge on any atom is -0.477 e. The molecule has 9 heteroatoms. The van der Waals surface area contributed by atoms with Gasteiger partial charge in [0.25, 0.3) is 0 Å². The predicted molar refractivity (Wildman–Crippen MR) is 94.7 cm³/mol. The molecule has 0 saturated carbocycles. The largest absolute Gasteiger partial charge is 0.477 e. The summed E-state index contributed by atoms with van der Waals surface area (Å²) >= 11 is 0. The number of halogens is 1. The molecule has 1 aliphatic heterocycles. The zero-order valence-electron chi connectivity index (χ0n) is 14.7. The van der Waals surface area contributed by atoms with E-state index in [1.165, 1.54) is 0 Å². The molecule has 138 valence electrons. The molecule has 1 fully saturated rings. The second-order valence-electron chi connectivity index (χ2n) is 6.19. The Morgan fingerprint density at radius 1 is 1.46 bits per heavy atom. The molecule has 0 amide bonds. The Kier molecular flexibility index (Phi) is 4.46. The van der Waals surface area contributed by atoms with Crippen LogP contribution in [0.25, 0.3) is 11.0 Å². The summed E-state index contributed by atoms with van der Waals surface area (Å²) in [6.07, 6.45) is 3.00. The van der Waals surface area contributed by atoms with Crippen LogP contribution >= 0.6 is 0 Å². The van der Waals surface area contributed by atoms with Crippen molar-refractivity contribution >= 4 is 22.7 Å². The van der Waals surface area contributed by atoms with Gasteiger partial charge in [0.05, 0.1) is 42.2 Å². The molecular formula is C17H21FN6O2. The quantitative estimate of drug-likeness (QED) is 0.727. The maximum atomic E-state index is 14.2. The number of hydrogen-bond donors (Lipinski definition) is 2. The maximum Gasteiger partial charge on any atom is 0.232 e. The second kappa shape index (κ2) is 6.91. The van der Waals surface area contributed by atoms with Gasteiger partial charge in [-0.3, -0.25) is 4.68 Å². The molecule has 0 unspecified atom stereocenters. The van der Waals surface area contributed by atoms with Gasteiger partial charge in [0.1, 0.15) is 11.8 Å². The molecular weight excluding hydrogens is 339 g/mol. The molecule has 2 N–H and O–H groups in total. The van der Waals surface area contributed by atoms with Gasteiger partial charge in [0.2, 0.25) is 11.8 Å². The fourth-order valence-corrected chi connectivity index (χ4v) is 3.18. The van der Waals surface area contributed by atoms with Crippen molar-refractivity contribution in [3.63, 3.8) is 0 Å². The van der Waals surface area contributed by atoms with Gasteiger partial charge < -0.3 is 19.8 Å². The Labute approximate surface area is 149 Å². The van der Waals surface area contributed by atoms with Crippen LogP contribution in [0.2, 0.25) is 0 Å². The van der Waals surface area contributed by atoms with Crippen LogP contribution in [0.15, 0.2) is 18.5 Å². The summed E-state index contributed by atoms with van der Waals surface area (Å²) < 4.78 is 26.7. The molecule has 26 heavy (non-hydrogen) atoms. The van der Waals surface area contributed by atoms with Crippen LogP contribution < -0.4 is 10.1 Å². The Balaban J connectivity index is 1.62. The molecule has 8 nitrogen and oxygen atoms in total. The molecule has 4 rings (SSSR count). The Hall–Kier alpha value is -2.68. The lowest BCUT2D eigenvalue weighted by Gasteiger charge is -2.27. The molecule has 0 radical (unpaired) electrons. The molecule has 0 aromatic carbocycles. The molecule has 1 saturated heterocycles. The number of aromatic nitrogens is 5. The van der Waals surface area contributed by atoms with Gasteiger partial charge in [-0.25, -0.2) is 4.39 Å². The summed E-state index contributed by atoms with van der Waals surface area (Å²) in [5.41, 5.74) is 2.24. The number of hydrogen-bond acceptors (Lipinski definition) is 6. The summed E-state index contributed by atoms with van der Waals surface area (Å²) in [6, 6.07) is 1.56. The van der Waals surface area contributed by atoms with Crippen LogP contribution in [0.1, 0.15) is 25.1 Å². The van der Waals surface area contributed by atoms with Crippen LogP contribution in [-0.2, 0) is 4.74 Å². The smallest absolute Gasteiger partial charge is 0.232 e. The average Bonchev–Trinajstić information content (AvgIpc) is 3.24. The molecule has 4 heterocycles. The van der Waals surface area contributed by atoms with Gasteiger partial charge in [0, 0.05) is 12.8 Å². The second-order valence-corrected chi connectivity index (χ2v) is 6.19. The zero-order chi connectivity index (χ0) is 18.1. The predicted octanol–water partition coefficient (Wildman–Crippen LogP) is 2.90. The molecule has 3 aromatic rings. The lowest BCUT2D eigenvalue weighted by atomic mass is 10.1.